The lowest BCUT2D eigenvalue weighted by Crippen LogP contribution is -2.41. The molecule has 0 aliphatic carbocycles. The van der Waals surface area contributed by atoms with Crippen LogP contribution in [-0.4, -0.2) is 47.6 Å². The highest BCUT2D eigenvalue weighted by molar-refractivity contribution is 7.89. The van der Waals surface area contributed by atoms with Crippen molar-refractivity contribution in [3.63, 3.8) is 0 Å². The zero-order valence-corrected chi connectivity index (χ0v) is 13.9. The second-order valence-corrected chi connectivity index (χ2v) is 7.74. The molecule has 0 spiro atoms. The summed E-state index contributed by atoms with van der Waals surface area (Å²) in [5.74, 6) is -1.24. The van der Waals surface area contributed by atoms with Gasteiger partial charge in [-0.25, -0.2) is 8.42 Å². The van der Waals surface area contributed by atoms with Crippen molar-refractivity contribution in [1.82, 2.24) is 4.31 Å². The van der Waals surface area contributed by atoms with Gasteiger partial charge in [-0.05, 0) is 49.9 Å². The third kappa shape index (κ3) is 2.64. The summed E-state index contributed by atoms with van der Waals surface area (Å²) in [6.07, 6.45) is -1.04. The van der Waals surface area contributed by atoms with Crippen LogP contribution < -0.4 is 0 Å². The number of carboxylic acid groups (broad SMARTS) is 1. The lowest BCUT2D eigenvalue weighted by atomic mass is 10.0. The predicted molar refractivity (Wildman–Crippen MR) is 81.3 cm³/mol. The molecule has 0 unspecified atom stereocenters. The molecule has 6 nitrogen and oxygen atoms in total. The van der Waals surface area contributed by atoms with Gasteiger partial charge in [-0.3, -0.25) is 4.79 Å². The highest BCUT2D eigenvalue weighted by Gasteiger charge is 2.44. The molecule has 22 heavy (non-hydrogen) atoms. The topological polar surface area (TPSA) is 94.9 Å². The van der Waals surface area contributed by atoms with Gasteiger partial charge in [0.05, 0.1) is 11.0 Å². The number of aliphatic carboxylic acids is 1. The molecule has 2 rings (SSSR count). The van der Waals surface area contributed by atoms with Crippen LogP contribution in [0.4, 0.5) is 0 Å². The summed E-state index contributed by atoms with van der Waals surface area (Å²) in [4.78, 5) is 11.5. The van der Waals surface area contributed by atoms with E-state index in [-0.39, 0.29) is 17.9 Å². The summed E-state index contributed by atoms with van der Waals surface area (Å²) in [5.41, 5.74) is 2.92. The standard InChI is InChI=1S/C15H21NO5S/c1-8-5-9(2)11(4)14(10(8)3)22(20,21)16-7-12(17)6-13(16)15(18)19/h5,12-13,17H,6-7H2,1-4H3,(H,18,19)/t12-,13+/m0/s1. The molecular formula is C15H21NO5S. The van der Waals surface area contributed by atoms with Gasteiger partial charge in [-0.15, -0.1) is 0 Å². The second-order valence-electron chi connectivity index (χ2n) is 5.91. The van der Waals surface area contributed by atoms with Crippen LogP contribution in [0.2, 0.25) is 0 Å². The van der Waals surface area contributed by atoms with Crippen molar-refractivity contribution in [2.75, 3.05) is 6.54 Å². The molecule has 1 fully saturated rings. The van der Waals surface area contributed by atoms with E-state index in [9.17, 15) is 23.4 Å². The molecule has 1 aliphatic heterocycles. The number of hydrogen-bond donors (Lipinski definition) is 2. The fourth-order valence-corrected chi connectivity index (χ4v) is 5.17. The van der Waals surface area contributed by atoms with E-state index in [1.807, 2.05) is 19.9 Å². The molecule has 0 aromatic heterocycles. The summed E-state index contributed by atoms with van der Waals surface area (Å²) in [7, 11) is -3.98. The van der Waals surface area contributed by atoms with E-state index in [1.165, 1.54) is 0 Å². The summed E-state index contributed by atoms with van der Waals surface area (Å²) in [6, 6.07) is 0.691. The average molecular weight is 327 g/mol. The van der Waals surface area contributed by atoms with Crippen molar-refractivity contribution in [3.8, 4) is 0 Å². The molecule has 7 heteroatoms. The van der Waals surface area contributed by atoms with Gasteiger partial charge in [0, 0.05) is 13.0 Å². The number of β-amino-alcohol motifs (C(OH)–C–C–N with tert-alkyl or cyclic N) is 1. The van der Waals surface area contributed by atoms with Gasteiger partial charge in [-0.2, -0.15) is 4.31 Å². The molecule has 0 amide bonds. The summed E-state index contributed by atoms with van der Waals surface area (Å²) in [6.45, 7) is 6.90. The van der Waals surface area contributed by atoms with Crippen molar-refractivity contribution < 1.29 is 23.4 Å². The van der Waals surface area contributed by atoms with Crippen LogP contribution in [0.3, 0.4) is 0 Å². The quantitative estimate of drug-likeness (QED) is 0.868. The first-order valence-electron chi connectivity index (χ1n) is 7.07. The summed E-state index contributed by atoms with van der Waals surface area (Å²) >= 11 is 0. The maximum Gasteiger partial charge on any atom is 0.322 e. The van der Waals surface area contributed by atoms with Gasteiger partial charge < -0.3 is 10.2 Å². The molecule has 1 aromatic carbocycles. The Morgan fingerprint density at radius 1 is 1.18 bits per heavy atom. The van der Waals surface area contributed by atoms with Crippen molar-refractivity contribution in [1.29, 1.82) is 0 Å². The van der Waals surface area contributed by atoms with E-state index in [0.29, 0.717) is 11.1 Å². The highest BCUT2D eigenvalue weighted by atomic mass is 32.2. The van der Waals surface area contributed by atoms with Gasteiger partial charge >= 0.3 is 5.97 Å². The van der Waals surface area contributed by atoms with Crippen LogP contribution in [0, 0.1) is 27.7 Å². The van der Waals surface area contributed by atoms with E-state index >= 15 is 0 Å². The lowest BCUT2D eigenvalue weighted by molar-refractivity contribution is -0.140. The Hall–Kier alpha value is -1.44. The molecule has 1 aromatic rings. The van der Waals surface area contributed by atoms with Crippen LogP contribution >= 0.6 is 0 Å². The van der Waals surface area contributed by atoms with Crippen LogP contribution in [0.25, 0.3) is 0 Å². The van der Waals surface area contributed by atoms with Crippen molar-refractivity contribution in [3.05, 3.63) is 28.3 Å². The monoisotopic (exact) mass is 327 g/mol. The number of hydrogen-bond acceptors (Lipinski definition) is 4. The van der Waals surface area contributed by atoms with E-state index in [0.717, 1.165) is 15.4 Å². The fourth-order valence-electron chi connectivity index (χ4n) is 2.96. The minimum absolute atomic E-state index is 0.0859. The third-order valence-corrected chi connectivity index (χ3v) is 6.53. The number of aliphatic hydroxyl groups excluding tert-OH is 1. The number of rotatable bonds is 3. The Morgan fingerprint density at radius 2 is 1.68 bits per heavy atom. The van der Waals surface area contributed by atoms with E-state index < -0.39 is 28.1 Å². The average Bonchev–Trinajstić information content (AvgIpc) is 2.79. The second kappa shape index (κ2) is 5.64. The van der Waals surface area contributed by atoms with Gasteiger partial charge in [-0.1, -0.05) is 6.07 Å². The number of carbonyl (C=O) groups is 1. The largest absolute Gasteiger partial charge is 0.480 e. The summed E-state index contributed by atoms with van der Waals surface area (Å²) in [5, 5.41) is 18.9. The fraction of sp³-hybridized carbons (Fsp3) is 0.533. The minimum Gasteiger partial charge on any atom is -0.480 e. The van der Waals surface area contributed by atoms with Crippen LogP contribution in [0.15, 0.2) is 11.0 Å². The van der Waals surface area contributed by atoms with E-state index in [1.54, 1.807) is 13.8 Å². The van der Waals surface area contributed by atoms with Crippen LogP contribution in [0.1, 0.15) is 28.7 Å². The van der Waals surface area contributed by atoms with E-state index in [2.05, 4.69) is 0 Å². The van der Waals surface area contributed by atoms with Gasteiger partial charge in [0.25, 0.3) is 0 Å². The Kier molecular flexibility index (Phi) is 4.34. The van der Waals surface area contributed by atoms with Gasteiger partial charge in [0.15, 0.2) is 0 Å². The molecule has 1 aliphatic rings. The van der Waals surface area contributed by atoms with E-state index in [4.69, 9.17) is 0 Å². The first kappa shape index (κ1) is 16.9. The SMILES string of the molecule is Cc1cc(C)c(C)c(S(=O)(=O)N2C[C@@H](O)C[C@@H]2C(=O)O)c1C. The Morgan fingerprint density at radius 3 is 2.14 bits per heavy atom. The van der Waals surface area contributed by atoms with Crippen LogP contribution in [0.5, 0.6) is 0 Å². The molecule has 0 radical (unpaired) electrons. The Balaban J connectivity index is 2.63. The zero-order valence-electron chi connectivity index (χ0n) is 13.1. The molecular weight excluding hydrogens is 306 g/mol. The first-order chi connectivity index (χ1) is 10.1. The molecule has 1 heterocycles. The molecule has 1 saturated heterocycles. The zero-order chi connectivity index (χ0) is 16.8. The normalized spacial score (nSPS) is 23.0. The Labute approximate surface area is 130 Å². The molecule has 0 bridgehead atoms. The number of aliphatic hydroxyl groups is 1. The molecule has 0 saturated carbocycles. The van der Waals surface area contributed by atoms with Gasteiger partial charge in [0.1, 0.15) is 6.04 Å². The number of carboxylic acids is 1. The highest BCUT2D eigenvalue weighted by Crippen LogP contribution is 2.32. The third-order valence-electron chi connectivity index (χ3n) is 4.38. The predicted octanol–water partition coefficient (Wildman–Crippen LogP) is 1.13. The summed E-state index contributed by atoms with van der Waals surface area (Å²) < 4.78 is 26.9. The minimum atomic E-state index is -3.98. The first-order valence-corrected chi connectivity index (χ1v) is 8.51. The number of sulfonamides is 1. The maximum atomic E-state index is 13.0. The smallest absolute Gasteiger partial charge is 0.322 e. The van der Waals surface area contributed by atoms with Crippen LogP contribution in [-0.2, 0) is 14.8 Å². The number of aryl methyl sites for hydroxylation is 2. The number of benzene rings is 1. The maximum absolute atomic E-state index is 13.0. The number of nitrogens with zero attached hydrogens (tertiary/aromatic N) is 1. The van der Waals surface area contributed by atoms with Crippen molar-refractivity contribution in [2.45, 2.75) is 51.2 Å². The molecule has 2 N–H and O–H groups in total. The molecule has 122 valence electrons. The van der Waals surface area contributed by atoms with Crippen molar-refractivity contribution in [2.24, 2.45) is 0 Å². The molecule has 2 atom stereocenters. The van der Waals surface area contributed by atoms with Crippen molar-refractivity contribution >= 4 is 16.0 Å². The Bertz CT molecular complexity index is 700. The van der Waals surface area contributed by atoms with Gasteiger partial charge in [0.2, 0.25) is 10.0 Å². The lowest BCUT2D eigenvalue weighted by Gasteiger charge is -2.24.